The first-order chi connectivity index (χ1) is 7.50. The van der Waals surface area contributed by atoms with Gasteiger partial charge in [-0.2, -0.15) is 0 Å². The smallest absolute Gasteiger partial charge is 0.0732 e. The third-order valence-electron chi connectivity index (χ3n) is 2.88. The second-order valence-electron chi connectivity index (χ2n) is 4.98. The van der Waals surface area contributed by atoms with Crippen LogP contribution in [0.25, 0.3) is 0 Å². The first-order valence-electron chi connectivity index (χ1n) is 6.01. The maximum Gasteiger partial charge on any atom is 0.0732 e. The number of halogens is 1. The van der Waals surface area contributed by atoms with Crippen molar-refractivity contribution in [1.82, 2.24) is 0 Å². The first-order valence-corrected chi connectivity index (χ1v) is 6.01. The molecule has 0 fully saturated rings. The van der Waals surface area contributed by atoms with Gasteiger partial charge >= 0.3 is 0 Å². The average Bonchev–Trinajstić information content (AvgIpc) is 2.24. The number of hydrogen-bond acceptors (Lipinski definition) is 2. The highest BCUT2D eigenvalue weighted by atomic mass is 35.5. The number of nitrogens with two attached hydrogens (primary N) is 1. The molecule has 0 aliphatic carbocycles. The molecule has 0 saturated heterocycles. The van der Waals surface area contributed by atoms with E-state index in [9.17, 15) is 5.11 Å². The Kier molecular flexibility index (Phi) is 7.44. The monoisotopic (exact) mass is 257 g/mol. The lowest BCUT2D eigenvalue weighted by Gasteiger charge is -2.20. The molecular formula is C14H24ClNO. The zero-order chi connectivity index (χ0) is 12.1. The third-order valence-corrected chi connectivity index (χ3v) is 2.88. The molecule has 0 heterocycles. The second kappa shape index (κ2) is 7.70. The minimum Gasteiger partial charge on any atom is -0.391 e. The molecule has 0 amide bonds. The van der Waals surface area contributed by atoms with Crippen LogP contribution in [0.1, 0.15) is 43.9 Å². The molecule has 2 atom stereocenters. The van der Waals surface area contributed by atoms with E-state index in [4.69, 9.17) is 5.73 Å². The molecule has 0 radical (unpaired) electrons. The fraction of sp³-hybridized carbons (Fsp3) is 0.571. The Morgan fingerprint density at radius 1 is 1.24 bits per heavy atom. The van der Waals surface area contributed by atoms with Crippen LogP contribution in [-0.2, 0) is 0 Å². The molecule has 0 unspecified atom stereocenters. The summed E-state index contributed by atoms with van der Waals surface area (Å²) in [6, 6.07) is 7.79. The van der Waals surface area contributed by atoms with Crippen molar-refractivity contribution in [3.63, 3.8) is 0 Å². The molecule has 0 aromatic heterocycles. The minimum absolute atomic E-state index is 0. The molecule has 0 aliphatic heterocycles. The summed E-state index contributed by atoms with van der Waals surface area (Å²) in [6.45, 7) is 6.35. The van der Waals surface area contributed by atoms with Gasteiger partial charge in [0.05, 0.1) is 12.1 Å². The van der Waals surface area contributed by atoms with E-state index in [1.165, 1.54) is 5.56 Å². The summed E-state index contributed by atoms with van der Waals surface area (Å²) in [7, 11) is 0. The SMILES string of the molecule is Cc1cccc([C@H](N)[C@H](O)CCC(C)C)c1.Cl. The van der Waals surface area contributed by atoms with Gasteiger partial charge < -0.3 is 10.8 Å². The van der Waals surface area contributed by atoms with Gasteiger partial charge in [-0.15, -0.1) is 12.4 Å². The number of hydrogen-bond donors (Lipinski definition) is 2. The minimum atomic E-state index is -0.441. The number of aryl methyl sites for hydroxylation is 1. The lowest BCUT2D eigenvalue weighted by atomic mass is 9.95. The molecule has 2 nitrogen and oxygen atoms in total. The summed E-state index contributed by atoms with van der Waals surface area (Å²) in [5, 5.41) is 9.99. The van der Waals surface area contributed by atoms with Crippen LogP contribution in [0.15, 0.2) is 24.3 Å². The Morgan fingerprint density at radius 2 is 1.88 bits per heavy atom. The highest BCUT2D eigenvalue weighted by molar-refractivity contribution is 5.85. The van der Waals surface area contributed by atoms with Crippen molar-refractivity contribution in [2.24, 2.45) is 11.7 Å². The fourth-order valence-electron chi connectivity index (χ4n) is 1.78. The molecule has 3 N–H and O–H groups in total. The van der Waals surface area contributed by atoms with Gasteiger partial charge in [-0.25, -0.2) is 0 Å². The van der Waals surface area contributed by atoms with Gasteiger partial charge in [0.15, 0.2) is 0 Å². The quantitative estimate of drug-likeness (QED) is 0.851. The van der Waals surface area contributed by atoms with Crippen molar-refractivity contribution in [1.29, 1.82) is 0 Å². The molecule has 1 rings (SSSR count). The van der Waals surface area contributed by atoms with E-state index < -0.39 is 6.10 Å². The Morgan fingerprint density at radius 3 is 2.41 bits per heavy atom. The van der Waals surface area contributed by atoms with Gasteiger partial charge in [-0.3, -0.25) is 0 Å². The van der Waals surface area contributed by atoms with E-state index in [0.29, 0.717) is 5.92 Å². The van der Waals surface area contributed by atoms with Crippen LogP contribution < -0.4 is 5.73 Å². The van der Waals surface area contributed by atoms with Crippen LogP contribution in [0.5, 0.6) is 0 Å². The zero-order valence-corrected chi connectivity index (χ0v) is 11.7. The number of benzene rings is 1. The van der Waals surface area contributed by atoms with Crippen molar-refractivity contribution in [3.05, 3.63) is 35.4 Å². The fourth-order valence-corrected chi connectivity index (χ4v) is 1.78. The molecule has 17 heavy (non-hydrogen) atoms. The van der Waals surface area contributed by atoms with Crippen LogP contribution in [0.3, 0.4) is 0 Å². The number of aliphatic hydroxyl groups excluding tert-OH is 1. The third kappa shape index (κ3) is 5.53. The Hall–Kier alpha value is -0.570. The van der Waals surface area contributed by atoms with Crippen molar-refractivity contribution < 1.29 is 5.11 Å². The summed E-state index contributed by atoms with van der Waals surface area (Å²) >= 11 is 0. The Labute approximate surface area is 111 Å². The van der Waals surface area contributed by atoms with Crippen molar-refractivity contribution >= 4 is 12.4 Å². The van der Waals surface area contributed by atoms with E-state index in [0.717, 1.165) is 18.4 Å². The summed E-state index contributed by atoms with van der Waals surface area (Å²) in [4.78, 5) is 0. The summed E-state index contributed by atoms with van der Waals surface area (Å²) in [6.07, 6.45) is 1.34. The highest BCUT2D eigenvalue weighted by Crippen LogP contribution is 2.20. The number of aliphatic hydroxyl groups is 1. The van der Waals surface area contributed by atoms with Gasteiger partial charge in [0.1, 0.15) is 0 Å². The topological polar surface area (TPSA) is 46.2 Å². The Bertz CT molecular complexity index is 328. The molecular weight excluding hydrogens is 234 g/mol. The molecule has 98 valence electrons. The lowest BCUT2D eigenvalue weighted by molar-refractivity contribution is 0.128. The van der Waals surface area contributed by atoms with E-state index in [1.807, 2.05) is 31.2 Å². The summed E-state index contributed by atoms with van der Waals surface area (Å²) < 4.78 is 0. The van der Waals surface area contributed by atoms with E-state index in [2.05, 4.69) is 13.8 Å². The molecule has 1 aromatic carbocycles. The lowest BCUT2D eigenvalue weighted by Crippen LogP contribution is -2.26. The second-order valence-corrected chi connectivity index (χ2v) is 4.98. The van der Waals surface area contributed by atoms with Gasteiger partial charge in [0.2, 0.25) is 0 Å². The predicted molar refractivity (Wildman–Crippen MR) is 75.4 cm³/mol. The Balaban J connectivity index is 0.00000256. The molecule has 0 aliphatic rings. The van der Waals surface area contributed by atoms with Crippen LogP contribution in [0.2, 0.25) is 0 Å². The van der Waals surface area contributed by atoms with Gasteiger partial charge in [0.25, 0.3) is 0 Å². The standard InChI is InChI=1S/C14H23NO.ClH/c1-10(2)7-8-13(16)14(15)12-6-4-5-11(3)9-12;/h4-6,9-10,13-14,16H,7-8,15H2,1-3H3;1H/t13-,14+;/m1./s1. The van der Waals surface area contributed by atoms with Gasteiger partial charge in [-0.05, 0) is 31.2 Å². The van der Waals surface area contributed by atoms with Crippen molar-refractivity contribution in [2.45, 2.75) is 45.8 Å². The largest absolute Gasteiger partial charge is 0.391 e. The molecule has 0 saturated carbocycles. The molecule has 3 heteroatoms. The zero-order valence-electron chi connectivity index (χ0n) is 10.9. The van der Waals surface area contributed by atoms with E-state index in [1.54, 1.807) is 0 Å². The van der Waals surface area contributed by atoms with Crippen LogP contribution in [0.4, 0.5) is 0 Å². The normalized spacial score (nSPS) is 14.2. The summed E-state index contributed by atoms with van der Waals surface area (Å²) in [5.74, 6) is 0.611. The maximum absolute atomic E-state index is 9.99. The molecule has 1 aromatic rings. The van der Waals surface area contributed by atoms with Gasteiger partial charge in [0, 0.05) is 0 Å². The van der Waals surface area contributed by atoms with E-state index in [-0.39, 0.29) is 18.4 Å². The first kappa shape index (κ1) is 16.4. The molecule has 0 bridgehead atoms. The van der Waals surface area contributed by atoms with Crippen LogP contribution >= 0.6 is 12.4 Å². The van der Waals surface area contributed by atoms with Gasteiger partial charge in [-0.1, -0.05) is 43.7 Å². The van der Waals surface area contributed by atoms with Crippen LogP contribution in [0, 0.1) is 12.8 Å². The predicted octanol–water partition coefficient (Wildman–Crippen LogP) is 3.21. The molecule has 0 spiro atoms. The van der Waals surface area contributed by atoms with Crippen molar-refractivity contribution in [3.8, 4) is 0 Å². The number of rotatable bonds is 5. The average molecular weight is 258 g/mol. The van der Waals surface area contributed by atoms with E-state index >= 15 is 0 Å². The summed E-state index contributed by atoms with van der Waals surface area (Å²) in [5.41, 5.74) is 8.25. The highest BCUT2D eigenvalue weighted by Gasteiger charge is 2.16. The van der Waals surface area contributed by atoms with Crippen LogP contribution in [-0.4, -0.2) is 11.2 Å². The maximum atomic E-state index is 9.99. The van der Waals surface area contributed by atoms with Crippen molar-refractivity contribution in [2.75, 3.05) is 0 Å².